The van der Waals surface area contributed by atoms with Gasteiger partial charge in [0.1, 0.15) is 10.6 Å². The molecule has 31 heavy (non-hydrogen) atoms. The van der Waals surface area contributed by atoms with Crippen molar-refractivity contribution in [3.63, 3.8) is 0 Å². The summed E-state index contributed by atoms with van der Waals surface area (Å²) in [6, 6.07) is 24.2. The van der Waals surface area contributed by atoms with Gasteiger partial charge in [-0.3, -0.25) is 4.90 Å². The maximum atomic E-state index is 12.5. The van der Waals surface area contributed by atoms with Crippen LogP contribution in [0, 0.1) is 6.92 Å². The standard InChI is InChI=1S/C25H27NO4S/c1-20-7-13-24(14-8-20)31(27,28)30-23-11-9-22(10-12-23)25-19-26(17-18-29-25)16-15-21-5-3-2-4-6-21/h2-14,25H,15-19H2,1H3/t25-/m0/s1. The van der Waals surface area contributed by atoms with Crippen LogP contribution in [0.15, 0.2) is 83.8 Å². The number of ether oxygens (including phenoxy) is 1. The summed E-state index contributed by atoms with van der Waals surface area (Å²) in [5, 5.41) is 0. The highest BCUT2D eigenvalue weighted by Crippen LogP contribution is 2.26. The van der Waals surface area contributed by atoms with Gasteiger partial charge >= 0.3 is 10.1 Å². The molecule has 1 saturated heterocycles. The van der Waals surface area contributed by atoms with Crippen molar-refractivity contribution in [1.29, 1.82) is 0 Å². The first kappa shape index (κ1) is 21.6. The molecule has 0 aliphatic carbocycles. The van der Waals surface area contributed by atoms with Crippen LogP contribution in [0.2, 0.25) is 0 Å². The molecule has 6 heteroatoms. The SMILES string of the molecule is Cc1ccc(S(=O)(=O)Oc2ccc([C@@H]3CN(CCc4ccccc4)CCO3)cc2)cc1. The van der Waals surface area contributed by atoms with Gasteiger partial charge in [0.25, 0.3) is 0 Å². The Balaban J connectivity index is 1.36. The first-order valence-electron chi connectivity index (χ1n) is 10.5. The van der Waals surface area contributed by atoms with Crippen molar-refractivity contribution in [2.75, 3.05) is 26.2 Å². The number of rotatable bonds is 7. The molecule has 162 valence electrons. The van der Waals surface area contributed by atoms with Crippen LogP contribution in [0.25, 0.3) is 0 Å². The van der Waals surface area contributed by atoms with Gasteiger partial charge in [0.2, 0.25) is 0 Å². The number of hydrogen-bond acceptors (Lipinski definition) is 5. The van der Waals surface area contributed by atoms with Crippen LogP contribution in [0.1, 0.15) is 22.8 Å². The van der Waals surface area contributed by atoms with Crippen LogP contribution < -0.4 is 4.18 Å². The lowest BCUT2D eigenvalue weighted by atomic mass is 10.1. The molecule has 0 N–H and O–H groups in total. The molecule has 0 amide bonds. The van der Waals surface area contributed by atoms with E-state index >= 15 is 0 Å². The van der Waals surface area contributed by atoms with Crippen LogP contribution in [-0.4, -0.2) is 39.6 Å². The molecule has 0 aromatic heterocycles. The van der Waals surface area contributed by atoms with E-state index in [4.69, 9.17) is 8.92 Å². The molecular formula is C25H27NO4S. The number of aryl methyl sites for hydroxylation is 1. The summed E-state index contributed by atoms with van der Waals surface area (Å²) in [5.74, 6) is 0.293. The molecule has 3 aromatic carbocycles. The Hall–Kier alpha value is -2.67. The molecule has 4 rings (SSSR count). The normalized spacial score (nSPS) is 17.4. The second-order valence-corrected chi connectivity index (χ2v) is 9.36. The molecule has 5 nitrogen and oxygen atoms in total. The Morgan fingerprint density at radius 2 is 1.68 bits per heavy atom. The summed E-state index contributed by atoms with van der Waals surface area (Å²) in [6.45, 7) is 5.31. The van der Waals surface area contributed by atoms with Crippen LogP contribution in [0.3, 0.4) is 0 Å². The van der Waals surface area contributed by atoms with Gasteiger partial charge < -0.3 is 8.92 Å². The third kappa shape index (κ3) is 5.73. The average molecular weight is 438 g/mol. The van der Waals surface area contributed by atoms with Crippen LogP contribution >= 0.6 is 0 Å². The Bertz CT molecular complexity index is 1080. The molecule has 3 aromatic rings. The average Bonchev–Trinajstić information content (AvgIpc) is 2.79. The predicted molar refractivity (Wildman–Crippen MR) is 121 cm³/mol. The second kappa shape index (κ2) is 9.64. The van der Waals surface area contributed by atoms with Gasteiger partial charge in [-0.2, -0.15) is 8.42 Å². The first-order chi connectivity index (χ1) is 15.0. The molecule has 0 bridgehead atoms. The third-order valence-corrected chi connectivity index (χ3v) is 6.74. The first-order valence-corrected chi connectivity index (χ1v) is 11.9. The van der Waals surface area contributed by atoms with Gasteiger partial charge in [-0.25, -0.2) is 0 Å². The van der Waals surface area contributed by atoms with E-state index in [1.807, 2.05) is 25.1 Å². The Labute approximate surface area is 184 Å². The van der Waals surface area contributed by atoms with Crippen molar-refractivity contribution in [3.05, 3.63) is 95.6 Å². The van der Waals surface area contributed by atoms with Gasteiger partial charge in [0.05, 0.1) is 12.7 Å². The fraction of sp³-hybridized carbons (Fsp3) is 0.280. The van der Waals surface area contributed by atoms with Crippen molar-refractivity contribution in [2.24, 2.45) is 0 Å². The predicted octanol–water partition coefficient (Wildman–Crippen LogP) is 4.38. The van der Waals surface area contributed by atoms with E-state index in [2.05, 4.69) is 29.2 Å². The van der Waals surface area contributed by atoms with Crippen molar-refractivity contribution < 1.29 is 17.3 Å². The number of morpholine rings is 1. The second-order valence-electron chi connectivity index (χ2n) is 7.82. The van der Waals surface area contributed by atoms with Crippen molar-refractivity contribution >= 4 is 10.1 Å². The number of benzene rings is 3. The maximum absolute atomic E-state index is 12.5. The highest BCUT2D eigenvalue weighted by molar-refractivity contribution is 7.87. The van der Waals surface area contributed by atoms with E-state index in [1.165, 1.54) is 5.56 Å². The Morgan fingerprint density at radius 3 is 2.39 bits per heavy atom. The van der Waals surface area contributed by atoms with Crippen molar-refractivity contribution in [2.45, 2.75) is 24.3 Å². The molecule has 1 aliphatic heterocycles. The molecule has 0 radical (unpaired) electrons. The van der Waals surface area contributed by atoms with Gasteiger partial charge in [-0.15, -0.1) is 0 Å². The van der Waals surface area contributed by atoms with Crippen LogP contribution in [-0.2, 0) is 21.3 Å². The monoisotopic (exact) mass is 437 g/mol. The van der Waals surface area contributed by atoms with Gasteiger partial charge in [0.15, 0.2) is 0 Å². The molecule has 1 heterocycles. The molecule has 1 fully saturated rings. The highest BCUT2D eigenvalue weighted by atomic mass is 32.2. The summed E-state index contributed by atoms with van der Waals surface area (Å²) >= 11 is 0. The topological polar surface area (TPSA) is 55.8 Å². The highest BCUT2D eigenvalue weighted by Gasteiger charge is 2.22. The van der Waals surface area contributed by atoms with E-state index in [1.54, 1.807) is 36.4 Å². The van der Waals surface area contributed by atoms with Crippen molar-refractivity contribution in [3.8, 4) is 5.75 Å². The largest absolute Gasteiger partial charge is 0.379 e. The van der Waals surface area contributed by atoms with Crippen LogP contribution in [0.4, 0.5) is 0 Å². The van der Waals surface area contributed by atoms with Crippen molar-refractivity contribution in [1.82, 2.24) is 4.90 Å². The minimum atomic E-state index is -3.85. The molecule has 0 saturated carbocycles. The Morgan fingerprint density at radius 1 is 0.968 bits per heavy atom. The number of hydrogen-bond donors (Lipinski definition) is 0. The zero-order chi connectivity index (χ0) is 21.7. The minimum absolute atomic E-state index is 0.0349. The van der Waals surface area contributed by atoms with E-state index < -0.39 is 10.1 Å². The summed E-state index contributed by atoms with van der Waals surface area (Å²) in [7, 11) is -3.85. The lowest BCUT2D eigenvalue weighted by molar-refractivity contribution is -0.0295. The fourth-order valence-corrected chi connectivity index (χ4v) is 4.59. The Kier molecular flexibility index (Phi) is 6.70. The fourth-order valence-electron chi connectivity index (χ4n) is 3.66. The van der Waals surface area contributed by atoms with Gasteiger partial charge in [-0.1, -0.05) is 60.2 Å². The lowest BCUT2D eigenvalue weighted by Gasteiger charge is -2.33. The van der Waals surface area contributed by atoms with E-state index in [-0.39, 0.29) is 11.0 Å². The lowest BCUT2D eigenvalue weighted by Crippen LogP contribution is -2.39. The molecule has 0 spiro atoms. The van der Waals surface area contributed by atoms with E-state index in [0.717, 1.165) is 37.2 Å². The van der Waals surface area contributed by atoms with Gasteiger partial charge in [0, 0.05) is 19.6 Å². The molecule has 1 atom stereocenters. The van der Waals surface area contributed by atoms with E-state index in [9.17, 15) is 8.42 Å². The summed E-state index contributed by atoms with van der Waals surface area (Å²) in [5.41, 5.74) is 3.35. The third-order valence-electron chi connectivity index (χ3n) is 5.48. The number of nitrogens with zero attached hydrogens (tertiary/aromatic N) is 1. The zero-order valence-electron chi connectivity index (χ0n) is 17.6. The van der Waals surface area contributed by atoms with Gasteiger partial charge in [-0.05, 0) is 48.7 Å². The molecule has 0 unspecified atom stereocenters. The summed E-state index contributed by atoms with van der Waals surface area (Å²) < 4.78 is 36.2. The molecule has 1 aliphatic rings. The molecular weight excluding hydrogens is 410 g/mol. The van der Waals surface area contributed by atoms with Crippen LogP contribution in [0.5, 0.6) is 5.75 Å². The smallest absolute Gasteiger partial charge is 0.339 e. The van der Waals surface area contributed by atoms with E-state index in [0.29, 0.717) is 12.4 Å². The quantitative estimate of drug-likeness (QED) is 0.514. The summed E-state index contributed by atoms with van der Waals surface area (Å²) in [6.07, 6.45) is 0.976. The zero-order valence-corrected chi connectivity index (χ0v) is 18.4. The minimum Gasteiger partial charge on any atom is -0.379 e. The summed E-state index contributed by atoms with van der Waals surface area (Å²) in [4.78, 5) is 2.56. The maximum Gasteiger partial charge on any atom is 0.339 e.